The quantitative estimate of drug-likeness (QED) is 0.655. The molecule has 3 aromatic rings. The zero-order valence-corrected chi connectivity index (χ0v) is 16.9. The summed E-state index contributed by atoms with van der Waals surface area (Å²) in [5.74, 6) is 1.78. The van der Waals surface area contributed by atoms with Gasteiger partial charge in [-0.15, -0.1) is 0 Å². The van der Waals surface area contributed by atoms with Crippen LogP contribution in [0.4, 0.5) is 10.2 Å². The molecule has 1 fully saturated rings. The molecular weight excluding hydrogens is 365 g/mol. The molecular formula is C23H26FN5. The summed E-state index contributed by atoms with van der Waals surface area (Å²) < 4.78 is 13.2. The van der Waals surface area contributed by atoms with E-state index in [0.29, 0.717) is 5.92 Å². The topological polar surface area (TPSA) is 45.2 Å². The number of benzene rings is 1. The van der Waals surface area contributed by atoms with Gasteiger partial charge in [-0.3, -0.25) is 9.88 Å². The standard InChI is InChI=1S/C23H26FN5/c1-28(2)22-13-21(26-23(27-22)18-5-3-11-25-14-18)19-6-4-12-29(16-19)15-17-7-9-20(24)10-8-17/h3,5,7-11,13-14,19H,4,6,12,15-16H2,1-2H3/t19-/m0/s1. The predicted molar refractivity (Wildman–Crippen MR) is 113 cm³/mol. The zero-order chi connectivity index (χ0) is 20.2. The third-order valence-corrected chi connectivity index (χ3v) is 5.35. The molecule has 0 amide bonds. The fourth-order valence-corrected chi connectivity index (χ4v) is 3.80. The Hall–Kier alpha value is -2.86. The third kappa shape index (κ3) is 4.77. The highest BCUT2D eigenvalue weighted by atomic mass is 19.1. The summed E-state index contributed by atoms with van der Waals surface area (Å²) in [4.78, 5) is 18.3. The van der Waals surface area contributed by atoms with Crippen molar-refractivity contribution in [2.24, 2.45) is 0 Å². The van der Waals surface area contributed by atoms with Crippen LogP contribution in [0.25, 0.3) is 11.4 Å². The summed E-state index contributed by atoms with van der Waals surface area (Å²) in [5, 5.41) is 0. The minimum absolute atomic E-state index is 0.189. The monoisotopic (exact) mass is 391 g/mol. The molecule has 29 heavy (non-hydrogen) atoms. The number of aromatic nitrogens is 3. The number of hydrogen-bond acceptors (Lipinski definition) is 5. The largest absolute Gasteiger partial charge is 0.363 e. The third-order valence-electron chi connectivity index (χ3n) is 5.35. The fraction of sp³-hybridized carbons (Fsp3) is 0.348. The smallest absolute Gasteiger partial charge is 0.163 e. The van der Waals surface area contributed by atoms with Crippen molar-refractivity contribution >= 4 is 5.82 Å². The highest BCUT2D eigenvalue weighted by Crippen LogP contribution is 2.30. The van der Waals surface area contributed by atoms with Crippen LogP contribution in [0.1, 0.15) is 30.0 Å². The van der Waals surface area contributed by atoms with Crippen molar-refractivity contribution in [3.63, 3.8) is 0 Å². The first kappa shape index (κ1) is 19.5. The van der Waals surface area contributed by atoms with Crippen molar-refractivity contribution in [1.82, 2.24) is 19.9 Å². The van der Waals surface area contributed by atoms with Crippen LogP contribution in [-0.4, -0.2) is 47.0 Å². The molecule has 6 heteroatoms. The van der Waals surface area contributed by atoms with Crippen molar-refractivity contribution < 1.29 is 4.39 Å². The van der Waals surface area contributed by atoms with Gasteiger partial charge in [0.15, 0.2) is 5.82 Å². The number of nitrogens with zero attached hydrogens (tertiary/aromatic N) is 5. The van der Waals surface area contributed by atoms with Crippen molar-refractivity contribution in [3.8, 4) is 11.4 Å². The number of piperidine rings is 1. The van der Waals surface area contributed by atoms with Crippen LogP contribution in [-0.2, 0) is 6.54 Å². The number of rotatable bonds is 5. The molecule has 2 aromatic heterocycles. The first-order chi connectivity index (χ1) is 14.1. The lowest BCUT2D eigenvalue weighted by molar-refractivity contribution is 0.198. The van der Waals surface area contributed by atoms with Crippen LogP contribution in [0.2, 0.25) is 0 Å². The first-order valence-electron chi connectivity index (χ1n) is 10.0. The molecule has 5 nitrogen and oxygen atoms in total. The van der Waals surface area contributed by atoms with Gasteiger partial charge in [-0.25, -0.2) is 14.4 Å². The van der Waals surface area contributed by atoms with Crippen molar-refractivity contribution in [2.75, 3.05) is 32.1 Å². The Labute approximate surface area is 171 Å². The zero-order valence-electron chi connectivity index (χ0n) is 16.9. The molecule has 1 aromatic carbocycles. The van der Waals surface area contributed by atoms with E-state index in [-0.39, 0.29) is 5.82 Å². The highest BCUT2D eigenvalue weighted by Gasteiger charge is 2.24. The summed E-state index contributed by atoms with van der Waals surface area (Å²) in [7, 11) is 4.00. The Morgan fingerprint density at radius 1 is 1.14 bits per heavy atom. The van der Waals surface area contributed by atoms with Gasteiger partial charge in [0.1, 0.15) is 11.6 Å². The highest BCUT2D eigenvalue weighted by molar-refractivity contribution is 5.56. The summed E-state index contributed by atoms with van der Waals surface area (Å²) >= 11 is 0. The van der Waals surface area contributed by atoms with Gasteiger partial charge < -0.3 is 4.90 Å². The van der Waals surface area contributed by atoms with E-state index in [2.05, 4.69) is 16.0 Å². The molecule has 1 atom stereocenters. The molecule has 1 aliphatic heterocycles. The average molecular weight is 391 g/mol. The van der Waals surface area contributed by atoms with E-state index in [1.165, 1.54) is 12.1 Å². The first-order valence-corrected chi connectivity index (χ1v) is 10.0. The van der Waals surface area contributed by atoms with E-state index in [1.54, 1.807) is 12.4 Å². The van der Waals surface area contributed by atoms with E-state index in [1.807, 2.05) is 43.3 Å². The summed E-state index contributed by atoms with van der Waals surface area (Å²) in [6.07, 6.45) is 5.79. The Morgan fingerprint density at radius 3 is 2.69 bits per heavy atom. The van der Waals surface area contributed by atoms with Crippen LogP contribution >= 0.6 is 0 Å². The Kier molecular flexibility index (Phi) is 5.81. The van der Waals surface area contributed by atoms with E-state index >= 15 is 0 Å². The molecule has 1 saturated heterocycles. The van der Waals surface area contributed by atoms with Gasteiger partial charge in [-0.05, 0) is 49.2 Å². The molecule has 4 rings (SSSR count). The van der Waals surface area contributed by atoms with Crippen LogP contribution in [0.15, 0.2) is 54.9 Å². The normalized spacial score (nSPS) is 17.3. The van der Waals surface area contributed by atoms with Crippen LogP contribution < -0.4 is 4.90 Å². The van der Waals surface area contributed by atoms with Gasteiger partial charge in [-0.2, -0.15) is 0 Å². The molecule has 150 valence electrons. The van der Waals surface area contributed by atoms with Crippen LogP contribution in [0, 0.1) is 5.82 Å². The van der Waals surface area contributed by atoms with Gasteiger partial charge in [0.2, 0.25) is 0 Å². The Morgan fingerprint density at radius 2 is 1.97 bits per heavy atom. The lowest BCUT2D eigenvalue weighted by Crippen LogP contribution is -2.34. The Balaban J connectivity index is 1.57. The number of halogens is 1. The molecule has 3 heterocycles. The number of hydrogen-bond donors (Lipinski definition) is 0. The van der Waals surface area contributed by atoms with Gasteiger partial charge in [0.05, 0.1) is 5.69 Å². The maximum atomic E-state index is 13.2. The predicted octanol–water partition coefficient (Wildman–Crippen LogP) is 4.12. The maximum Gasteiger partial charge on any atom is 0.163 e. The maximum absolute atomic E-state index is 13.2. The molecule has 0 bridgehead atoms. The molecule has 0 unspecified atom stereocenters. The number of anilines is 1. The lowest BCUT2D eigenvalue weighted by Gasteiger charge is -2.33. The van der Waals surface area contributed by atoms with Crippen molar-refractivity contribution in [2.45, 2.75) is 25.3 Å². The SMILES string of the molecule is CN(C)c1cc([C@H]2CCCN(Cc3ccc(F)cc3)C2)nc(-c2cccnc2)n1. The molecule has 0 spiro atoms. The van der Waals surface area contributed by atoms with Gasteiger partial charge in [-0.1, -0.05) is 12.1 Å². The lowest BCUT2D eigenvalue weighted by atomic mass is 9.94. The van der Waals surface area contributed by atoms with Gasteiger partial charge in [0.25, 0.3) is 0 Å². The summed E-state index contributed by atoms with van der Waals surface area (Å²) in [5.41, 5.74) is 3.14. The minimum atomic E-state index is -0.189. The molecule has 0 radical (unpaired) electrons. The second-order valence-electron chi connectivity index (χ2n) is 7.81. The van der Waals surface area contributed by atoms with Crippen LogP contribution in [0.5, 0.6) is 0 Å². The number of pyridine rings is 1. The second kappa shape index (κ2) is 8.66. The van der Waals surface area contributed by atoms with Crippen molar-refractivity contribution in [1.29, 1.82) is 0 Å². The average Bonchev–Trinajstić information content (AvgIpc) is 2.76. The van der Waals surface area contributed by atoms with E-state index in [0.717, 1.165) is 60.9 Å². The minimum Gasteiger partial charge on any atom is -0.363 e. The van der Waals surface area contributed by atoms with Crippen LogP contribution in [0.3, 0.4) is 0 Å². The summed E-state index contributed by atoms with van der Waals surface area (Å²) in [6.45, 7) is 2.82. The van der Waals surface area contributed by atoms with Gasteiger partial charge >= 0.3 is 0 Å². The van der Waals surface area contributed by atoms with E-state index in [9.17, 15) is 4.39 Å². The summed E-state index contributed by atoms with van der Waals surface area (Å²) in [6, 6.07) is 12.8. The fourth-order valence-electron chi connectivity index (χ4n) is 3.80. The molecule has 0 N–H and O–H groups in total. The second-order valence-corrected chi connectivity index (χ2v) is 7.81. The Bertz CT molecular complexity index is 943. The molecule has 1 aliphatic rings. The van der Waals surface area contributed by atoms with Crippen molar-refractivity contribution in [3.05, 3.63) is 71.9 Å². The molecule has 0 aliphatic carbocycles. The molecule has 0 saturated carbocycles. The number of likely N-dealkylation sites (tertiary alicyclic amines) is 1. The van der Waals surface area contributed by atoms with E-state index in [4.69, 9.17) is 9.97 Å². The van der Waals surface area contributed by atoms with Gasteiger partial charge in [0, 0.05) is 57.1 Å². The van der Waals surface area contributed by atoms with E-state index < -0.39 is 0 Å².